The zero-order valence-electron chi connectivity index (χ0n) is 13.8. The number of rotatable bonds is 4. The monoisotopic (exact) mass is 356 g/mol. The maximum Gasteiger partial charge on any atom is 0.151 e. The van der Waals surface area contributed by atoms with Crippen LogP contribution in [0.3, 0.4) is 0 Å². The van der Waals surface area contributed by atoms with E-state index in [1.807, 2.05) is 54.9 Å². The molecule has 1 atom stereocenters. The molecule has 1 unspecified atom stereocenters. The molecule has 6 heteroatoms. The fourth-order valence-electron chi connectivity index (χ4n) is 3.17. The molecule has 25 heavy (non-hydrogen) atoms. The molecular formula is C19H21ClN4O. The Morgan fingerprint density at radius 3 is 2.84 bits per heavy atom. The summed E-state index contributed by atoms with van der Waals surface area (Å²) in [5.41, 5.74) is 3.20. The van der Waals surface area contributed by atoms with Crippen molar-refractivity contribution in [1.29, 1.82) is 0 Å². The highest BCUT2D eigenvalue weighted by Crippen LogP contribution is 2.25. The molecule has 0 saturated carbocycles. The highest BCUT2D eigenvalue weighted by atomic mass is 35.5. The molecule has 2 aromatic heterocycles. The van der Waals surface area contributed by atoms with E-state index in [4.69, 9.17) is 4.52 Å². The van der Waals surface area contributed by atoms with Gasteiger partial charge in [-0.3, -0.25) is 9.88 Å². The SMILES string of the molecule is Cl.c1ccc(-c2cc(CN3CCNCC3c3cccnc3)on2)cc1. The van der Waals surface area contributed by atoms with Crippen molar-refractivity contribution in [3.8, 4) is 11.3 Å². The Labute approximate surface area is 153 Å². The summed E-state index contributed by atoms with van der Waals surface area (Å²) in [6.45, 7) is 3.63. The van der Waals surface area contributed by atoms with Gasteiger partial charge >= 0.3 is 0 Å². The summed E-state index contributed by atoms with van der Waals surface area (Å²) in [7, 11) is 0. The molecule has 0 spiro atoms. The van der Waals surface area contributed by atoms with Gasteiger partial charge in [-0.2, -0.15) is 0 Å². The third-order valence-electron chi connectivity index (χ3n) is 4.41. The molecule has 1 saturated heterocycles. The molecule has 130 valence electrons. The van der Waals surface area contributed by atoms with E-state index in [2.05, 4.69) is 26.4 Å². The lowest BCUT2D eigenvalue weighted by Gasteiger charge is -2.35. The van der Waals surface area contributed by atoms with Gasteiger partial charge in [-0.25, -0.2) is 0 Å². The number of hydrogen-bond donors (Lipinski definition) is 1. The number of aromatic nitrogens is 2. The first-order valence-corrected chi connectivity index (χ1v) is 8.26. The third kappa shape index (κ3) is 4.07. The minimum Gasteiger partial charge on any atom is -0.359 e. The highest BCUT2D eigenvalue weighted by Gasteiger charge is 2.25. The minimum atomic E-state index is 0. The Hall–Kier alpha value is -2.21. The van der Waals surface area contributed by atoms with Crippen LogP contribution in [0.1, 0.15) is 17.4 Å². The zero-order valence-corrected chi connectivity index (χ0v) is 14.7. The first-order chi connectivity index (χ1) is 11.9. The number of nitrogens with one attached hydrogen (secondary N) is 1. The van der Waals surface area contributed by atoms with Gasteiger partial charge in [-0.15, -0.1) is 12.4 Å². The molecule has 4 rings (SSSR count). The van der Waals surface area contributed by atoms with E-state index in [9.17, 15) is 0 Å². The predicted octanol–water partition coefficient (Wildman–Crippen LogP) is 3.30. The fraction of sp³-hybridized carbons (Fsp3) is 0.263. The van der Waals surface area contributed by atoms with Crippen molar-refractivity contribution < 1.29 is 4.52 Å². The first-order valence-electron chi connectivity index (χ1n) is 8.26. The average molecular weight is 357 g/mol. The van der Waals surface area contributed by atoms with Crippen molar-refractivity contribution in [3.05, 3.63) is 72.2 Å². The Morgan fingerprint density at radius 1 is 1.16 bits per heavy atom. The van der Waals surface area contributed by atoms with Crippen molar-refractivity contribution in [2.75, 3.05) is 19.6 Å². The van der Waals surface area contributed by atoms with E-state index < -0.39 is 0 Å². The minimum absolute atomic E-state index is 0. The summed E-state index contributed by atoms with van der Waals surface area (Å²) < 4.78 is 5.58. The van der Waals surface area contributed by atoms with Gasteiger partial charge in [0.05, 0.1) is 6.54 Å². The molecule has 1 N–H and O–H groups in total. The van der Waals surface area contributed by atoms with Crippen LogP contribution < -0.4 is 5.32 Å². The normalized spacial score (nSPS) is 17.8. The molecule has 0 aliphatic carbocycles. The second kappa shape index (κ2) is 8.25. The summed E-state index contributed by atoms with van der Waals surface area (Å²) in [4.78, 5) is 6.67. The second-order valence-electron chi connectivity index (χ2n) is 6.02. The maximum absolute atomic E-state index is 5.58. The summed E-state index contributed by atoms with van der Waals surface area (Å²) >= 11 is 0. The quantitative estimate of drug-likeness (QED) is 0.777. The Balaban J connectivity index is 0.00000182. The van der Waals surface area contributed by atoms with Crippen LogP contribution >= 0.6 is 12.4 Å². The Kier molecular flexibility index (Phi) is 5.81. The lowest BCUT2D eigenvalue weighted by Crippen LogP contribution is -2.45. The number of hydrogen-bond acceptors (Lipinski definition) is 5. The van der Waals surface area contributed by atoms with Crippen molar-refractivity contribution in [2.24, 2.45) is 0 Å². The van der Waals surface area contributed by atoms with Crippen molar-refractivity contribution in [2.45, 2.75) is 12.6 Å². The topological polar surface area (TPSA) is 54.2 Å². The van der Waals surface area contributed by atoms with Crippen molar-refractivity contribution >= 4 is 12.4 Å². The molecule has 1 aliphatic rings. The van der Waals surface area contributed by atoms with Crippen molar-refractivity contribution in [3.63, 3.8) is 0 Å². The predicted molar refractivity (Wildman–Crippen MR) is 99.4 cm³/mol. The first kappa shape index (κ1) is 17.6. The van der Waals surface area contributed by atoms with Crippen LogP contribution in [-0.2, 0) is 6.54 Å². The third-order valence-corrected chi connectivity index (χ3v) is 4.41. The molecule has 0 bridgehead atoms. The van der Waals surface area contributed by atoms with Gasteiger partial charge in [0.15, 0.2) is 5.76 Å². The van der Waals surface area contributed by atoms with Gasteiger partial charge in [0.25, 0.3) is 0 Å². The van der Waals surface area contributed by atoms with E-state index in [0.29, 0.717) is 6.04 Å². The largest absolute Gasteiger partial charge is 0.359 e. The molecule has 5 nitrogen and oxygen atoms in total. The fourth-order valence-corrected chi connectivity index (χ4v) is 3.17. The molecule has 0 radical (unpaired) electrons. The van der Waals surface area contributed by atoms with Crippen LogP contribution in [0.25, 0.3) is 11.3 Å². The van der Waals surface area contributed by atoms with Crippen LogP contribution in [-0.4, -0.2) is 34.7 Å². The Morgan fingerprint density at radius 2 is 2.04 bits per heavy atom. The van der Waals surface area contributed by atoms with Gasteiger partial charge in [0, 0.05) is 49.7 Å². The molecule has 1 fully saturated rings. The zero-order chi connectivity index (χ0) is 16.2. The number of piperazine rings is 1. The number of halogens is 1. The van der Waals surface area contributed by atoms with E-state index in [-0.39, 0.29) is 12.4 Å². The van der Waals surface area contributed by atoms with Crippen molar-refractivity contribution in [1.82, 2.24) is 20.4 Å². The summed E-state index contributed by atoms with van der Waals surface area (Å²) in [6.07, 6.45) is 3.76. The molecule has 0 amide bonds. The van der Waals surface area contributed by atoms with Crippen LogP contribution in [0.4, 0.5) is 0 Å². The Bertz CT molecular complexity index is 778. The smallest absolute Gasteiger partial charge is 0.151 e. The number of pyridine rings is 1. The van der Waals surface area contributed by atoms with Crippen LogP contribution in [0.5, 0.6) is 0 Å². The number of nitrogens with zero attached hydrogens (tertiary/aromatic N) is 3. The summed E-state index contributed by atoms with van der Waals surface area (Å²) in [6, 6.07) is 16.6. The van der Waals surface area contributed by atoms with Crippen LogP contribution in [0.15, 0.2) is 65.4 Å². The summed E-state index contributed by atoms with van der Waals surface area (Å²) in [5.74, 6) is 0.893. The van der Waals surface area contributed by atoms with Gasteiger partial charge in [-0.05, 0) is 11.6 Å². The molecule has 1 aliphatic heterocycles. The maximum atomic E-state index is 5.58. The molecule has 1 aromatic carbocycles. The van der Waals surface area contributed by atoms with E-state index in [0.717, 1.165) is 43.2 Å². The van der Waals surface area contributed by atoms with Gasteiger partial charge in [0.1, 0.15) is 5.69 Å². The lowest BCUT2D eigenvalue weighted by molar-refractivity contribution is 0.138. The molecular weight excluding hydrogens is 336 g/mol. The van der Waals surface area contributed by atoms with Crippen LogP contribution in [0.2, 0.25) is 0 Å². The van der Waals surface area contributed by atoms with Gasteiger partial charge < -0.3 is 9.84 Å². The van der Waals surface area contributed by atoms with E-state index >= 15 is 0 Å². The summed E-state index contributed by atoms with van der Waals surface area (Å²) in [5, 5.41) is 7.68. The van der Waals surface area contributed by atoms with Gasteiger partial charge in [-0.1, -0.05) is 41.6 Å². The number of benzene rings is 1. The van der Waals surface area contributed by atoms with E-state index in [1.54, 1.807) is 0 Å². The lowest BCUT2D eigenvalue weighted by atomic mass is 10.1. The average Bonchev–Trinajstić information content (AvgIpc) is 3.12. The molecule has 3 heterocycles. The van der Waals surface area contributed by atoms with Gasteiger partial charge in [0.2, 0.25) is 0 Å². The van der Waals surface area contributed by atoms with E-state index in [1.165, 1.54) is 5.56 Å². The molecule has 3 aromatic rings. The van der Waals surface area contributed by atoms with Crippen LogP contribution in [0, 0.1) is 0 Å². The second-order valence-corrected chi connectivity index (χ2v) is 6.02. The highest BCUT2D eigenvalue weighted by molar-refractivity contribution is 5.85. The standard InChI is InChI=1S/C19H20N4O.ClH/c1-2-5-15(6-3-1)18-11-17(24-22-18)14-23-10-9-21-13-19(23)16-7-4-8-20-12-16;/h1-8,11-12,19,21H,9-10,13-14H2;1H.